The largest absolute Gasteiger partial charge is 0.381 e. The molecule has 1 N–H and O–H groups in total. The molecule has 0 bridgehead atoms. The van der Waals surface area contributed by atoms with E-state index in [0.29, 0.717) is 6.04 Å². The first-order valence-electron chi connectivity index (χ1n) is 6.40. The van der Waals surface area contributed by atoms with Crippen molar-refractivity contribution in [3.63, 3.8) is 0 Å². The quantitative estimate of drug-likeness (QED) is 0.740. The lowest BCUT2D eigenvalue weighted by Crippen LogP contribution is -2.27. The van der Waals surface area contributed by atoms with Crippen LogP contribution in [-0.4, -0.2) is 6.04 Å². The molecule has 0 amide bonds. The van der Waals surface area contributed by atoms with E-state index in [4.69, 9.17) is 0 Å². The zero-order chi connectivity index (χ0) is 12.3. The molecule has 0 radical (unpaired) electrons. The Labute approximate surface area is 121 Å². The first-order valence-corrected chi connectivity index (χ1v) is 7.99. The van der Waals surface area contributed by atoms with Gasteiger partial charge in [0, 0.05) is 20.7 Å². The maximum absolute atomic E-state index is 3.67. The zero-order valence-corrected chi connectivity index (χ0v) is 13.4. The van der Waals surface area contributed by atoms with E-state index in [2.05, 4.69) is 62.3 Å². The Hall–Kier alpha value is -0.0200. The highest BCUT2D eigenvalue weighted by atomic mass is 79.9. The molecule has 0 aliphatic heterocycles. The third-order valence-electron chi connectivity index (χ3n) is 3.65. The van der Waals surface area contributed by atoms with Crippen molar-refractivity contribution in [2.75, 3.05) is 5.32 Å². The summed E-state index contributed by atoms with van der Waals surface area (Å²) in [5.74, 6) is 0.912. The molecule has 1 aliphatic carbocycles. The molecule has 1 aliphatic rings. The van der Waals surface area contributed by atoms with Gasteiger partial charge >= 0.3 is 0 Å². The summed E-state index contributed by atoms with van der Waals surface area (Å²) in [6.45, 7) is 2.31. The second-order valence-electron chi connectivity index (χ2n) is 4.91. The molecule has 1 saturated carbocycles. The molecule has 1 aromatic rings. The Morgan fingerprint density at radius 1 is 1.29 bits per heavy atom. The van der Waals surface area contributed by atoms with Crippen LogP contribution in [0.5, 0.6) is 0 Å². The van der Waals surface area contributed by atoms with Crippen LogP contribution in [0.15, 0.2) is 27.1 Å². The standard InChI is InChI=1S/C14H19Br2N/c1-2-10-4-3-5-12(8-10)17-14-7-6-11(15)9-13(14)16/h6-7,9-10,12,17H,2-5,8H2,1H3. The minimum atomic E-state index is 0.645. The number of halogens is 2. The van der Waals surface area contributed by atoms with E-state index in [9.17, 15) is 0 Å². The summed E-state index contributed by atoms with van der Waals surface area (Å²) < 4.78 is 2.26. The molecule has 0 saturated heterocycles. The molecule has 2 rings (SSSR count). The molecule has 2 atom stereocenters. The number of nitrogens with one attached hydrogen (secondary N) is 1. The van der Waals surface area contributed by atoms with Gasteiger partial charge in [-0.2, -0.15) is 0 Å². The molecule has 94 valence electrons. The molecule has 1 aromatic carbocycles. The Kier molecular flexibility index (Phi) is 4.92. The molecular formula is C14H19Br2N. The molecule has 0 aromatic heterocycles. The van der Waals surface area contributed by atoms with Gasteiger partial charge in [-0.05, 0) is 52.9 Å². The molecule has 17 heavy (non-hydrogen) atoms. The van der Waals surface area contributed by atoms with Crippen LogP contribution in [0.25, 0.3) is 0 Å². The lowest BCUT2D eigenvalue weighted by Gasteiger charge is -2.30. The van der Waals surface area contributed by atoms with Crippen molar-refractivity contribution in [3.8, 4) is 0 Å². The molecule has 1 nitrogen and oxygen atoms in total. The van der Waals surface area contributed by atoms with Crippen molar-refractivity contribution in [3.05, 3.63) is 27.1 Å². The van der Waals surface area contributed by atoms with Crippen LogP contribution in [0.2, 0.25) is 0 Å². The monoisotopic (exact) mass is 359 g/mol. The third-order valence-corrected chi connectivity index (χ3v) is 4.80. The highest BCUT2D eigenvalue weighted by Crippen LogP contribution is 2.32. The van der Waals surface area contributed by atoms with Crippen LogP contribution in [-0.2, 0) is 0 Å². The lowest BCUT2D eigenvalue weighted by atomic mass is 9.84. The average Bonchev–Trinajstić information content (AvgIpc) is 2.33. The smallest absolute Gasteiger partial charge is 0.0487 e. The van der Waals surface area contributed by atoms with Crippen LogP contribution in [0.1, 0.15) is 39.0 Å². The normalized spacial score (nSPS) is 24.6. The summed E-state index contributed by atoms with van der Waals surface area (Å²) in [6, 6.07) is 6.98. The fourth-order valence-corrected chi connectivity index (χ4v) is 3.78. The highest BCUT2D eigenvalue weighted by molar-refractivity contribution is 9.11. The van der Waals surface area contributed by atoms with E-state index >= 15 is 0 Å². The highest BCUT2D eigenvalue weighted by Gasteiger charge is 2.20. The van der Waals surface area contributed by atoms with E-state index in [1.165, 1.54) is 37.8 Å². The Morgan fingerprint density at radius 3 is 2.82 bits per heavy atom. The maximum atomic E-state index is 3.67. The van der Waals surface area contributed by atoms with Gasteiger partial charge in [-0.1, -0.05) is 42.1 Å². The summed E-state index contributed by atoms with van der Waals surface area (Å²) >= 11 is 7.10. The van der Waals surface area contributed by atoms with Crippen LogP contribution < -0.4 is 5.32 Å². The second-order valence-corrected chi connectivity index (χ2v) is 6.68. The molecule has 3 heteroatoms. The molecular weight excluding hydrogens is 342 g/mol. The number of hydrogen-bond acceptors (Lipinski definition) is 1. The first-order chi connectivity index (χ1) is 8.19. The van der Waals surface area contributed by atoms with Gasteiger partial charge in [0.1, 0.15) is 0 Å². The average molecular weight is 361 g/mol. The third kappa shape index (κ3) is 3.72. The number of hydrogen-bond donors (Lipinski definition) is 1. The van der Waals surface area contributed by atoms with E-state index < -0.39 is 0 Å². The number of benzene rings is 1. The number of anilines is 1. The predicted molar refractivity (Wildman–Crippen MR) is 81.5 cm³/mol. The molecule has 0 spiro atoms. The van der Waals surface area contributed by atoms with Crippen LogP contribution in [0.3, 0.4) is 0 Å². The summed E-state index contributed by atoms with van der Waals surface area (Å²) in [5.41, 5.74) is 1.22. The van der Waals surface area contributed by atoms with Crippen molar-refractivity contribution in [1.82, 2.24) is 0 Å². The second kappa shape index (κ2) is 6.24. The van der Waals surface area contributed by atoms with Gasteiger partial charge < -0.3 is 5.32 Å². The summed E-state index contributed by atoms with van der Waals surface area (Å²) in [6.07, 6.45) is 6.72. The molecule has 2 unspecified atom stereocenters. The lowest BCUT2D eigenvalue weighted by molar-refractivity contribution is 0.327. The SMILES string of the molecule is CCC1CCCC(Nc2ccc(Br)cc2Br)C1. The maximum Gasteiger partial charge on any atom is 0.0487 e. The predicted octanol–water partition coefficient (Wildman–Crippen LogP) is 5.59. The Balaban J connectivity index is 2.00. The van der Waals surface area contributed by atoms with Crippen molar-refractivity contribution >= 4 is 37.5 Å². The summed E-state index contributed by atoms with van der Waals surface area (Å²) in [7, 11) is 0. The minimum Gasteiger partial charge on any atom is -0.381 e. The van der Waals surface area contributed by atoms with Gasteiger partial charge in [-0.3, -0.25) is 0 Å². The van der Waals surface area contributed by atoms with Crippen LogP contribution >= 0.6 is 31.9 Å². The van der Waals surface area contributed by atoms with E-state index in [1.54, 1.807) is 0 Å². The summed E-state index contributed by atoms with van der Waals surface area (Å²) in [5, 5.41) is 3.67. The van der Waals surface area contributed by atoms with Crippen molar-refractivity contribution in [2.24, 2.45) is 5.92 Å². The van der Waals surface area contributed by atoms with Crippen LogP contribution in [0.4, 0.5) is 5.69 Å². The van der Waals surface area contributed by atoms with Gasteiger partial charge in [0.25, 0.3) is 0 Å². The molecule has 1 fully saturated rings. The minimum absolute atomic E-state index is 0.645. The Bertz CT molecular complexity index is 378. The topological polar surface area (TPSA) is 12.0 Å². The van der Waals surface area contributed by atoms with Gasteiger partial charge in [0.15, 0.2) is 0 Å². The van der Waals surface area contributed by atoms with Gasteiger partial charge in [0.05, 0.1) is 0 Å². The molecule has 0 heterocycles. The van der Waals surface area contributed by atoms with Crippen LogP contribution in [0, 0.1) is 5.92 Å². The van der Waals surface area contributed by atoms with E-state index in [-0.39, 0.29) is 0 Å². The van der Waals surface area contributed by atoms with E-state index in [1.807, 2.05) is 0 Å². The van der Waals surface area contributed by atoms with Gasteiger partial charge in [-0.15, -0.1) is 0 Å². The fourth-order valence-electron chi connectivity index (χ4n) is 2.62. The van der Waals surface area contributed by atoms with Gasteiger partial charge in [0.2, 0.25) is 0 Å². The zero-order valence-electron chi connectivity index (χ0n) is 10.2. The van der Waals surface area contributed by atoms with Gasteiger partial charge in [-0.25, -0.2) is 0 Å². The van der Waals surface area contributed by atoms with E-state index in [0.717, 1.165) is 14.9 Å². The first kappa shape index (κ1) is 13.4. The van der Waals surface area contributed by atoms with Crippen molar-refractivity contribution < 1.29 is 0 Å². The number of rotatable bonds is 3. The van der Waals surface area contributed by atoms with Crippen molar-refractivity contribution in [1.29, 1.82) is 0 Å². The summed E-state index contributed by atoms with van der Waals surface area (Å²) in [4.78, 5) is 0. The van der Waals surface area contributed by atoms with Crippen molar-refractivity contribution in [2.45, 2.75) is 45.1 Å². The Morgan fingerprint density at radius 2 is 2.12 bits per heavy atom. The fraction of sp³-hybridized carbons (Fsp3) is 0.571.